The molecule has 0 aromatic carbocycles. The molecule has 112 valence electrons. The molecular formula is C14H20N6O. The second-order valence-electron chi connectivity index (χ2n) is 5.25. The number of hydrogen-bond acceptors (Lipinski definition) is 5. The summed E-state index contributed by atoms with van der Waals surface area (Å²) < 4.78 is 0. The summed E-state index contributed by atoms with van der Waals surface area (Å²) in [5.74, 6) is 0.560. The van der Waals surface area contributed by atoms with E-state index < -0.39 is 0 Å². The largest absolute Gasteiger partial charge is 0.353 e. The summed E-state index contributed by atoms with van der Waals surface area (Å²) in [5, 5.41) is 8.41. The maximum Gasteiger partial charge on any atom is 0.273 e. The second kappa shape index (κ2) is 6.53. The molecule has 2 aromatic rings. The Kier molecular flexibility index (Phi) is 4.30. The van der Waals surface area contributed by atoms with Gasteiger partial charge in [0, 0.05) is 25.5 Å². The van der Waals surface area contributed by atoms with Crippen LogP contribution in [-0.4, -0.2) is 51.2 Å². The molecule has 1 fully saturated rings. The van der Waals surface area contributed by atoms with Gasteiger partial charge in [-0.05, 0) is 32.0 Å². The number of likely N-dealkylation sites (tertiary alicyclic amines) is 1. The van der Waals surface area contributed by atoms with Crippen molar-refractivity contribution in [3.8, 4) is 11.3 Å². The minimum atomic E-state index is -0.173. The first-order chi connectivity index (χ1) is 10.3. The van der Waals surface area contributed by atoms with Gasteiger partial charge in [-0.2, -0.15) is 0 Å². The third-order valence-electron chi connectivity index (χ3n) is 3.74. The molecule has 0 unspecified atom stereocenters. The summed E-state index contributed by atoms with van der Waals surface area (Å²) in [7, 11) is 0. The lowest BCUT2D eigenvalue weighted by Crippen LogP contribution is -2.33. The number of anilines is 1. The summed E-state index contributed by atoms with van der Waals surface area (Å²) >= 11 is 0. The van der Waals surface area contributed by atoms with Crippen LogP contribution >= 0.6 is 0 Å². The molecule has 0 bridgehead atoms. The molecular weight excluding hydrogens is 268 g/mol. The standard InChI is InChI=1S/C14H20N6O/c21-13-11(10-17-19-13)12-4-5-15-14(18-12)16-6-9-20-7-2-1-3-8-20/h4-5,10H,1-3,6-9H2,(H,15,16,18)(H2,17,19,21). The van der Waals surface area contributed by atoms with E-state index in [0.717, 1.165) is 13.1 Å². The highest BCUT2D eigenvalue weighted by Crippen LogP contribution is 2.12. The number of rotatable bonds is 5. The van der Waals surface area contributed by atoms with Crippen molar-refractivity contribution < 1.29 is 0 Å². The number of aromatic nitrogens is 4. The Morgan fingerprint density at radius 3 is 2.90 bits per heavy atom. The summed E-state index contributed by atoms with van der Waals surface area (Å²) in [6.07, 6.45) is 7.21. The first kappa shape index (κ1) is 13.8. The van der Waals surface area contributed by atoms with E-state index in [9.17, 15) is 4.79 Å². The van der Waals surface area contributed by atoms with Gasteiger partial charge in [0.05, 0.1) is 11.3 Å². The van der Waals surface area contributed by atoms with Gasteiger partial charge in [0.2, 0.25) is 5.95 Å². The summed E-state index contributed by atoms with van der Waals surface area (Å²) in [5.41, 5.74) is 0.970. The number of piperidine rings is 1. The van der Waals surface area contributed by atoms with Gasteiger partial charge < -0.3 is 15.3 Å². The fraction of sp³-hybridized carbons (Fsp3) is 0.500. The molecule has 1 aliphatic rings. The van der Waals surface area contributed by atoms with Gasteiger partial charge in [0.15, 0.2) is 0 Å². The van der Waals surface area contributed by atoms with Crippen LogP contribution in [0, 0.1) is 0 Å². The first-order valence-electron chi connectivity index (χ1n) is 7.38. The zero-order chi connectivity index (χ0) is 14.5. The first-order valence-corrected chi connectivity index (χ1v) is 7.38. The molecule has 3 rings (SSSR count). The number of aromatic amines is 2. The van der Waals surface area contributed by atoms with Gasteiger partial charge in [0.1, 0.15) is 0 Å². The third-order valence-corrected chi connectivity index (χ3v) is 3.74. The van der Waals surface area contributed by atoms with Gasteiger partial charge in [-0.1, -0.05) is 6.42 Å². The molecule has 21 heavy (non-hydrogen) atoms. The molecule has 0 spiro atoms. The van der Waals surface area contributed by atoms with Crippen LogP contribution in [0.4, 0.5) is 5.95 Å². The number of H-pyrrole nitrogens is 2. The molecule has 1 aliphatic heterocycles. The lowest BCUT2D eigenvalue weighted by Gasteiger charge is -2.26. The molecule has 7 nitrogen and oxygen atoms in total. The van der Waals surface area contributed by atoms with Crippen molar-refractivity contribution in [2.24, 2.45) is 0 Å². The fourth-order valence-electron chi connectivity index (χ4n) is 2.60. The number of hydrogen-bond donors (Lipinski definition) is 3. The molecule has 0 atom stereocenters. The van der Waals surface area contributed by atoms with E-state index in [4.69, 9.17) is 0 Å². The van der Waals surface area contributed by atoms with Crippen LogP contribution in [-0.2, 0) is 0 Å². The summed E-state index contributed by atoms with van der Waals surface area (Å²) in [6.45, 7) is 4.17. The van der Waals surface area contributed by atoms with Gasteiger partial charge in [0.25, 0.3) is 5.56 Å². The lowest BCUT2D eigenvalue weighted by atomic mass is 10.1. The molecule has 0 saturated carbocycles. The van der Waals surface area contributed by atoms with Crippen molar-refractivity contribution in [2.75, 3.05) is 31.5 Å². The van der Waals surface area contributed by atoms with Crippen LogP contribution in [0.15, 0.2) is 23.3 Å². The predicted molar refractivity (Wildman–Crippen MR) is 81.2 cm³/mol. The Morgan fingerprint density at radius 2 is 2.14 bits per heavy atom. The van der Waals surface area contributed by atoms with Gasteiger partial charge in [-0.25, -0.2) is 9.97 Å². The molecule has 0 amide bonds. The van der Waals surface area contributed by atoms with Crippen molar-refractivity contribution in [1.29, 1.82) is 0 Å². The van der Waals surface area contributed by atoms with E-state index >= 15 is 0 Å². The minimum absolute atomic E-state index is 0.173. The van der Waals surface area contributed by atoms with Crippen molar-refractivity contribution in [3.63, 3.8) is 0 Å². The van der Waals surface area contributed by atoms with Crippen molar-refractivity contribution >= 4 is 5.95 Å². The van der Waals surface area contributed by atoms with Crippen LogP contribution < -0.4 is 10.9 Å². The predicted octanol–water partition coefficient (Wildman–Crippen LogP) is 1.06. The Bertz CT molecular complexity index is 628. The molecule has 0 aliphatic carbocycles. The van der Waals surface area contributed by atoms with Crippen LogP contribution in [0.2, 0.25) is 0 Å². The van der Waals surface area contributed by atoms with Gasteiger partial charge in [-0.3, -0.25) is 9.89 Å². The topological polar surface area (TPSA) is 89.7 Å². The zero-order valence-electron chi connectivity index (χ0n) is 11.9. The Balaban J connectivity index is 1.58. The SMILES string of the molecule is O=c1[nH][nH]cc1-c1ccnc(NCCN2CCCCC2)n1. The zero-order valence-corrected chi connectivity index (χ0v) is 11.9. The highest BCUT2D eigenvalue weighted by Gasteiger charge is 2.10. The van der Waals surface area contributed by atoms with Crippen molar-refractivity contribution in [3.05, 3.63) is 28.8 Å². The highest BCUT2D eigenvalue weighted by molar-refractivity contribution is 5.57. The maximum atomic E-state index is 11.6. The van der Waals surface area contributed by atoms with Crippen molar-refractivity contribution in [2.45, 2.75) is 19.3 Å². The second-order valence-corrected chi connectivity index (χ2v) is 5.25. The molecule has 7 heteroatoms. The van der Waals surface area contributed by atoms with Crippen LogP contribution in [0.25, 0.3) is 11.3 Å². The Morgan fingerprint density at radius 1 is 1.29 bits per heavy atom. The maximum absolute atomic E-state index is 11.6. The smallest absolute Gasteiger partial charge is 0.273 e. The molecule has 2 aromatic heterocycles. The Hall–Kier alpha value is -2.15. The number of nitrogens with one attached hydrogen (secondary N) is 3. The van der Waals surface area contributed by atoms with Crippen LogP contribution in [0.1, 0.15) is 19.3 Å². The van der Waals surface area contributed by atoms with Crippen LogP contribution in [0.5, 0.6) is 0 Å². The quantitative estimate of drug-likeness (QED) is 0.765. The van der Waals surface area contributed by atoms with Gasteiger partial charge in [-0.15, -0.1) is 0 Å². The summed E-state index contributed by atoms with van der Waals surface area (Å²) in [6, 6.07) is 1.73. The van der Waals surface area contributed by atoms with E-state index in [-0.39, 0.29) is 5.56 Å². The lowest BCUT2D eigenvalue weighted by molar-refractivity contribution is 0.237. The molecule has 3 heterocycles. The summed E-state index contributed by atoms with van der Waals surface area (Å²) in [4.78, 5) is 22.6. The minimum Gasteiger partial charge on any atom is -0.353 e. The van der Waals surface area contributed by atoms with Crippen LogP contribution in [0.3, 0.4) is 0 Å². The van der Waals surface area contributed by atoms with E-state index in [1.807, 2.05) is 0 Å². The fourth-order valence-corrected chi connectivity index (χ4v) is 2.60. The molecule has 3 N–H and O–H groups in total. The average Bonchev–Trinajstić information content (AvgIpc) is 2.95. The monoisotopic (exact) mass is 288 g/mol. The van der Waals surface area contributed by atoms with E-state index in [2.05, 4.69) is 30.4 Å². The highest BCUT2D eigenvalue weighted by atomic mass is 16.1. The molecule has 1 saturated heterocycles. The normalized spacial score (nSPS) is 16.0. The van der Waals surface area contributed by atoms with E-state index in [1.54, 1.807) is 18.5 Å². The van der Waals surface area contributed by atoms with E-state index in [1.165, 1.54) is 32.4 Å². The van der Waals surface area contributed by atoms with Gasteiger partial charge >= 0.3 is 0 Å². The van der Waals surface area contributed by atoms with Crippen molar-refractivity contribution in [1.82, 2.24) is 25.1 Å². The third kappa shape index (κ3) is 3.49. The van der Waals surface area contributed by atoms with E-state index in [0.29, 0.717) is 17.2 Å². The Labute approximate surface area is 122 Å². The molecule has 0 radical (unpaired) electrons. The number of nitrogens with zero attached hydrogens (tertiary/aromatic N) is 3. The average molecular weight is 288 g/mol.